The van der Waals surface area contributed by atoms with E-state index in [1.807, 2.05) is 78.9 Å². The van der Waals surface area contributed by atoms with E-state index in [0.29, 0.717) is 11.6 Å². The first-order valence-electron chi connectivity index (χ1n) is 18.7. The normalized spacial score (nSPS) is 11.2. The van der Waals surface area contributed by atoms with E-state index in [1.54, 1.807) is 0 Å². The number of pyridine rings is 1. The molecule has 0 aliphatic rings. The maximum atomic E-state index is 5.14. The van der Waals surface area contributed by atoms with Gasteiger partial charge in [0.1, 0.15) is 5.69 Å². The van der Waals surface area contributed by atoms with Crippen LogP contribution in [-0.4, -0.2) is 24.9 Å². The van der Waals surface area contributed by atoms with E-state index in [2.05, 4.69) is 121 Å². The number of hydrogen-bond acceptors (Lipinski definition) is 5. The predicted octanol–water partition coefficient (Wildman–Crippen LogP) is 12.6. The molecule has 0 fully saturated rings. The predicted molar refractivity (Wildman–Crippen MR) is 228 cm³/mol. The zero-order valence-corrected chi connectivity index (χ0v) is 30.3. The Labute approximate surface area is 324 Å². The van der Waals surface area contributed by atoms with Crippen molar-refractivity contribution in [3.05, 3.63) is 200 Å². The lowest BCUT2D eigenvalue weighted by molar-refractivity contribution is 1.16. The van der Waals surface area contributed by atoms with Crippen LogP contribution in [0.15, 0.2) is 200 Å². The highest BCUT2D eigenvalue weighted by Gasteiger charge is 2.16. The van der Waals surface area contributed by atoms with Gasteiger partial charge in [0.15, 0.2) is 11.6 Å². The minimum atomic E-state index is 0.590. The fourth-order valence-electron chi connectivity index (χ4n) is 7.30. The summed E-state index contributed by atoms with van der Waals surface area (Å²) in [7, 11) is 0. The largest absolute Gasteiger partial charge is 0.244 e. The van der Waals surface area contributed by atoms with Crippen LogP contribution in [-0.2, 0) is 0 Å². The molecule has 0 aliphatic carbocycles. The van der Waals surface area contributed by atoms with E-state index in [1.165, 1.54) is 0 Å². The molecule has 3 heterocycles. The number of para-hydroxylation sites is 1. The van der Waals surface area contributed by atoms with Gasteiger partial charge in [-0.25, -0.2) is 24.9 Å². The lowest BCUT2D eigenvalue weighted by Crippen LogP contribution is -1.98. The van der Waals surface area contributed by atoms with Gasteiger partial charge in [-0.3, -0.25) is 0 Å². The highest BCUT2D eigenvalue weighted by Crippen LogP contribution is 2.37. The van der Waals surface area contributed by atoms with Gasteiger partial charge in [-0.05, 0) is 52.2 Å². The van der Waals surface area contributed by atoms with Crippen LogP contribution < -0.4 is 0 Å². The van der Waals surface area contributed by atoms with Crippen molar-refractivity contribution >= 4 is 21.7 Å². The smallest absolute Gasteiger partial charge is 0.179 e. The van der Waals surface area contributed by atoms with E-state index in [-0.39, 0.29) is 0 Å². The third-order valence-electron chi connectivity index (χ3n) is 10.1. The van der Waals surface area contributed by atoms with Crippen LogP contribution in [0.4, 0.5) is 0 Å². The van der Waals surface area contributed by atoms with Crippen LogP contribution in [0.2, 0.25) is 0 Å². The molecular weight excluding hydrogens is 683 g/mol. The lowest BCUT2D eigenvalue weighted by Gasteiger charge is -2.14. The van der Waals surface area contributed by atoms with Crippen LogP contribution in [0.3, 0.4) is 0 Å². The first kappa shape index (κ1) is 33.0. The molecule has 262 valence electrons. The summed E-state index contributed by atoms with van der Waals surface area (Å²) in [6, 6.07) is 68.7. The summed E-state index contributed by atoms with van der Waals surface area (Å²) < 4.78 is 0. The van der Waals surface area contributed by atoms with Gasteiger partial charge in [-0.15, -0.1) is 0 Å². The third-order valence-corrected chi connectivity index (χ3v) is 10.1. The molecule has 10 aromatic rings. The number of rotatable bonds is 7. The molecule has 0 N–H and O–H groups in total. The number of aromatic nitrogens is 5. The number of hydrogen-bond donors (Lipinski definition) is 0. The van der Waals surface area contributed by atoms with E-state index in [0.717, 1.165) is 89.1 Å². The first-order chi connectivity index (χ1) is 27.7. The molecule has 3 aromatic heterocycles. The molecule has 10 rings (SSSR count). The summed E-state index contributed by atoms with van der Waals surface area (Å²) in [4.78, 5) is 25.3. The summed E-state index contributed by atoms with van der Waals surface area (Å²) in [5.41, 5.74) is 12.4. The molecule has 5 nitrogen and oxygen atoms in total. The fourth-order valence-corrected chi connectivity index (χ4v) is 7.30. The molecule has 0 atom stereocenters. The second-order valence-corrected chi connectivity index (χ2v) is 13.7. The molecule has 0 saturated heterocycles. The van der Waals surface area contributed by atoms with Crippen LogP contribution >= 0.6 is 0 Å². The number of fused-ring (bicyclic) bond motifs is 2. The molecule has 0 unspecified atom stereocenters. The van der Waals surface area contributed by atoms with E-state index in [9.17, 15) is 0 Å². The van der Waals surface area contributed by atoms with Crippen molar-refractivity contribution in [1.82, 2.24) is 24.9 Å². The molecule has 5 heteroatoms. The monoisotopic (exact) mass is 715 g/mol. The molecule has 0 bridgehead atoms. The Balaban J connectivity index is 1.05. The Morgan fingerprint density at radius 2 is 0.679 bits per heavy atom. The Hall–Kier alpha value is -7.63. The van der Waals surface area contributed by atoms with Gasteiger partial charge in [0, 0.05) is 33.2 Å². The molecule has 7 aromatic carbocycles. The zero-order chi connectivity index (χ0) is 37.3. The average Bonchev–Trinajstić information content (AvgIpc) is 3.29. The second kappa shape index (κ2) is 14.3. The minimum absolute atomic E-state index is 0.590. The molecule has 0 amide bonds. The van der Waals surface area contributed by atoms with Gasteiger partial charge < -0.3 is 0 Å². The molecule has 56 heavy (non-hydrogen) atoms. The summed E-state index contributed by atoms with van der Waals surface area (Å²) in [6.45, 7) is 0. The van der Waals surface area contributed by atoms with Gasteiger partial charge in [-0.2, -0.15) is 0 Å². The van der Waals surface area contributed by atoms with Crippen LogP contribution in [0.1, 0.15) is 0 Å². The third kappa shape index (κ3) is 6.37. The Morgan fingerprint density at radius 1 is 0.250 bits per heavy atom. The average molecular weight is 716 g/mol. The van der Waals surface area contributed by atoms with Crippen molar-refractivity contribution < 1.29 is 0 Å². The highest BCUT2D eigenvalue weighted by atomic mass is 14.9. The summed E-state index contributed by atoms with van der Waals surface area (Å²) in [6.07, 6.45) is 0. The van der Waals surface area contributed by atoms with E-state index in [4.69, 9.17) is 24.9 Å². The zero-order valence-electron chi connectivity index (χ0n) is 30.3. The van der Waals surface area contributed by atoms with Gasteiger partial charge in [-0.1, -0.05) is 170 Å². The SMILES string of the molecule is c1ccc(-c2cc(-c3ccc(-c4ccc(-c5nc(-c6ccccc6)cc(-c6ccccc6)n5)c5ccccc45)cc3)nc(-c3ccc4ccccc4n3)n2)cc1. The van der Waals surface area contributed by atoms with Crippen molar-refractivity contribution in [3.8, 4) is 79.1 Å². The minimum Gasteiger partial charge on any atom is -0.244 e. The maximum absolute atomic E-state index is 5.14. The molecule has 0 saturated carbocycles. The number of nitrogens with zero attached hydrogens (tertiary/aromatic N) is 5. The van der Waals surface area contributed by atoms with E-state index < -0.39 is 0 Å². The quantitative estimate of drug-likeness (QED) is 0.164. The summed E-state index contributed by atoms with van der Waals surface area (Å²) in [5.74, 6) is 1.28. The molecule has 0 aliphatic heterocycles. The second-order valence-electron chi connectivity index (χ2n) is 13.7. The highest BCUT2D eigenvalue weighted by molar-refractivity contribution is 6.04. The van der Waals surface area contributed by atoms with Crippen LogP contribution in [0.5, 0.6) is 0 Å². The maximum Gasteiger partial charge on any atom is 0.179 e. The topological polar surface area (TPSA) is 64.5 Å². The molecule has 0 spiro atoms. The van der Waals surface area contributed by atoms with Gasteiger partial charge in [0.25, 0.3) is 0 Å². The van der Waals surface area contributed by atoms with Crippen molar-refractivity contribution in [3.63, 3.8) is 0 Å². The van der Waals surface area contributed by atoms with Crippen LogP contribution in [0, 0.1) is 0 Å². The Kier molecular flexibility index (Phi) is 8.43. The van der Waals surface area contributed by atoms with Crippen molar-refractivity contribution in [2.24, 2.45) is 0 Å². The molecular formula is C51H33N5. The van der Waals surface area contributed by atoms with Crippen molar-refractivity contribution in [2.45, 2.75) is 0 Å². The van der Waals surface area contributed by atoms with Gasteiger partial charge in [0.05, 0.1) is 28.3 Å². The van der Waals surface area contributed by atoms with Gasteiger partial charge in [0.2, 0.25) is 0 Å². The lowest BCUT2D eigenvalue weighted by atomic mass is 9.93. The van der Waals surface area contributed by atoms with Gasteiger partial charge >= 0.3 is 0 Å². The Morgan fingerprint density at radius 3 is 1.25 bits per heavy atom. The van der Waals surface area contributed by atoms with E-state index >= 15 is 0 Å². The summed E-state index contributed by atoms with van der Waals surface area (Å²) in [5, 5.41) is 3.30. The Bertz CT molecular complexity index is 2940. The fraction of sp³-hybridized carbons (Fsp3) is 0. The number of benzene rings is 7. The van der Waals surface area contributed by atoms with Crippen LogP contribution in [0.25, 0.3) is 101 Å². The summed E-state index contributed by atoms with van der Waals surface area (Å²) >= 11 is 0. The molecule has 0 radical (unpaired) electrons. The van der Waals surface area contributed by atoms with Crippen molar-refractivity contribution in [1.29, 1.82) is 0 Å². The van der Waals surface area contributed by atoms with Crippen molar-refractivity contribution in [2.75, 3.05) is 0 Å². The standard InChI is InChI=1S/C51H33N5/c1-4-14-35(15-5-1)46-32-47(36-16-6-2-7-17-36)54-50(53-46)43-30-29-40(41-21-11-12-22-42(41)43)34-24-26-39(27-25-34)49-33-48(37-18-8-3-9-19-37)55-51(56-49)45-31-28-38-20-10-13-23-44(38)52-45/h1-33H. The first-order valence-corrected chi connectivity index (χ1v) is 18.7.